The van der Waals surface area contributed by atoms with E-state index in [2.05, 4.69) is 10.6 Å². The molecule has 0 bridgehead atoms. The van der Waals surface area contributed by atoms with Gasteiger partial charge in [-0.25, -0.2) is 14.4 Å². The van der Waals surface area contributed by atoms with Gasteiger partial charge in [-0.1, -0.05) is 0 Å². The van der Waals surface area contributed by atoms with E-state index in [9.17, 15) is 24.0 Å². The van der Waals surface area contributed by atoms with E-state index in [1.807, 2.05) is 0 Å². The maximum Gasteiger partial charge on any atom is 0.419 e. The summed E-state index contributed by atoms with van der Waals surface area (Å²) in [5.41, 5.74) is 2.60. The van der Waals surface area contributed by atoms with E-state index in [0.717, 1.165) is 0 Å². The third-order valence-electron chi connectivity index (χ3n) is 7.40. The third kappa shape index (κ3) is 6.28. The number of ether oxygens (including phenoxy) is 4. The summed E-state index contributed by atoms with van der Waals surface area (Å²) in [6.07, 6.45) is -0.438. The Morgan fingerprint density at radius 3 is 1.82 bits per heavy atom. The van der Waals surface area contributed by atoms with Crippen LogP contribution in [-0.2, 0) is 28.5 Å². The van der Waals surface area contributed by atoms with Crippen LogP contribution in [0.3, 0.4) is 0 Å². The summed E-state index contributed by atoms with van der Waals surface area (Å²) >= 11 is 0. The highest BCUT2D eigenvalue weighted by molar-refractivity contribution is 5.97. The van der Waals surface area contributed by atoms with Crippen molar-refractivity contribution >= 4 is 52.8 Å². The minimum absolute atomic E-state index is 0.0362. The molecule has 6 amide bonds. The molecule has 2 N–H and O–H groups in total. The summed E-state index contributed by atoms with van der Waals surface area (Å²) in [4.78, 5) is 67.5. The molecular weight excluding hydrogens is 576 g/mol. The highest BCUT2D eigenvalue weighted by Crippen LogP contribution is 2.27. The van der Waals surface area contributed by atoms with Crippen molar-refractivity contribution in [2.45, 2.75) is 6.10 Å². The number of rotatable bonds is 7. The van der Waals surface area contributed by atoms with Crippen molar-refractivity contribution in [3.05, 3.63) is 60.5 Å². The summed E-state index contributed by atoms with van der Waals surface area (Å²) in [5, 5.41) is 5.17. The van der Waals surface area contributed by atoms with Crippen molar-refractivity contribution in [2.24, 2.45) is 0 Å². The Hall–Kier alpha value is -5.15. The number of benzene rings is 2. The van der Waals surface area contributed by atoms with Crippen molar-refractivity contribution < 1.29 is 42.9 Å². The fraction of sp³-hybridized carbons (Fsp3) is 0.345. The van der Waals surface area contributed by atoms with E-state index in [1.165, 1.54) is 16.0 Å². The van der Waals surface area contributed by atoms with E-state index < -0.39 is 24.3 Å². The zero-order valence-electron chi connectivity index (χ0n) is 23.6. The number of hydrogen-bond donors (Lipinski definition) is 2. The lowest BCUT2D eigenvalue weighted by atomic mass is 10.2. The molecule has 2 aromatic carbocycles. The first-order chi connectivity index (χ1) is 21.4. The summed E-state index contributed by atoms with van der Waals surface area (Å²) < 4.78 is 21.0. The van der Waals surface area contributed by atoms with Gasteiger partial charge < -0.3 is 39.4 Å². The Morgan fingerprint density at radius 2 is 1.27 bits per heavy atom. The molecule has 4 saturated heterocycles. The Balaban J connectivity index is 0.965. The van der Waals surface area contributed by atoms with E-state index in [1.54, 1.807) is 58.3 Å². The highest BCUT2D eigenvalue weighted by Gasteiger charge is 2.33. The standard InChI is InChI=1S/C29H30N6O9/c36-25-17-41-11-9-32(25)19-1-5-21(6-2-19)34-15-23(43-28(34)39)13-30-27(38)31-14-24-16-35(29(40)44-24)22-7-3-20(4-8-22)33-10-12-42-18-26(33)37/h1-8,13,24H,9-12,14-18H2,(H2,30,31,38)/b23-13-/t24-/m0/s1. The van der Waals surface area contributed by atoms with E-state index >= 15 is 0 Å². The molecule has 0 aromatic heterocycles. The first-order valence-corrected chi connectivity index (χ1v) is 14.0. The molecule has 0 spiro atoms. The fourth-order valence-corrected chi connectivity index (χ4v) is 5.14. The number of morpholine rings is 2. The molecule has 6 rings (SSSR count). The maximum atomic E-state index is 12.5. The second kappa shape index (κ2) is 12.6. The number of nitrogens with one attached hydrogen (secondary N) is 2. The van der Waals surface area contributed by atoms with Gasteiger partial charge in [0.15, 0.2) is 0 Å². The van der Waals surface area contributed by atoms with Gasteiger partial charge in [0.2, 0.25) is 0 Å². The predicted molar refractivity (Wildman–Crippen MR) is 155 cm³/mol. The quantitative estimate of drug-likeness (QED) is 0.477. The van der Waals surface area contributed by atoms with Crippen molar-refractivity contribution in [3.8, 4) is 0 Å². The number of hydrogen-bond acceptors (Lipinski definition) is 9. The summed E-state index contributed by atoms with van der Waals surface area (Å²) in [5.74, 6) is -0.0166. The lowest BCUT2D eigenvalue weighted by Crippen LogP contribution is -2.41. The van der Waals surface area contributed by atoms with E-state index in [-0.39, 0.29) is 50.4 Å². The molecule has 4 aliphatic heterocycles. The number of nitrogens with zero attached hydrogens (tertiary/aromatic N) is 4. The first-order valence-electron chi connectivity index (χ1n) is 14.0. The molecule has 1 atom stereocenters. The number of cyclic esters (lactones) is 2. The Bertz CT molecular complexity index is 1480. The lowest BCUT2D eigenvalue weighted by Gasteiger charge is -2.27. The first kappa shape index (κ1) is 28.9. The average molecular weight is 607 g/mol. The molecule has 4 heterocycles. The highest BCUT2D eigenvalue weighted by atomic mass is 16.6. The molecule has 15 heteroatoms. The third-order valence-corrected chi connectivity index (χ3v) is 7.40. The summed E-state index contributed by atoms with van der Waals surface area (Å²) in [7, 11) is 0. The van der Waals surface area contributed by atoms with Crippen LogP contribution in [0, 0.1) is 0 Å². The molecule has 0 aliphatic carbocycles. The van der Waals surface area contributed by atoms with Gasteiger partial charge in [-0.15, -0.1) is 0 Å². The zero-order valence-corrected chi connectivity index (χ0v) is 23.6. The van der Waals surface area contributed by atoms with Gasteiger partial charge in [0.25, 0.3) is 11.8 Å². The molecule has 2 aromatic rings. The van der Waals surface area contributed by atoms with Crippen LogP contribution < -0.4 is 30.2 Å². The predicted octanol–water partition coefficient (Wildman–Crippen LogP) is 1.54. The molecule has 0 saturated carbocycles. The normalized spacial score (nSPS) is 21.5. The molecular formula is C29H30N6O9. The zero-order chi connectivity index (χ0) is 30.6. The number of amides is 6. The van der Waals surface area contributed by atoms with Gasteiger partial charge in [-0.2, -0.15) is 0 Å². The number of urea groups is 1. The number of anilines is 4. The fourth-order valence-electron chi connectivity index (χ4n) is 5.14. The van der Waals surface area contributed by atoms with Crippen LogP contribution in [0.4, 0.5) is 37.1 Å². The van der Waals surface area contributed by atoms with Gasteiger partial charge in [0, 0.05) is 42.0 Å². The molecule has 0 radical (unpaired) electrons. The van der Waals surface area contributed by atoms with Crippen molar-refractivity contribution in [1.82, 2.24) is 10.6 Å². The van der Waals surface area contributed by atoms with Crippen LogP contribution in [0.1, 0.15) is 0 Å². The second-order valence-electron chi connectivity index (χ2n) is 10.3. The van der Waals surface area contributed by atoms with E-state index in [4.69, 9.17) is 18.9 Å². The molecule has 4 aliphatic rings. The average Bonchev–Trinajstić information content (AvgIpc) is 3.61. The Morgan fingerprint density at radius 1 is 0.750 bits per heavy atom. The maximum absolute atomic E-state index is 12.5. The van der Waals surface area contributed by atoms with Crippen LogP contribution >= 0.6 is 0 Å². The molecule has 4 fully saturated rings. The molecule has 15 nitrogen and oxygen atoms in total. The number of carbonyl (C=O) groups excluding carboxylic acids is 5. The van der Waals surface area contributed by atoms with Crippen molar-refractivity contribution in [3.63, 3.8) is 0 Å². The minimum atomic E-state index is -0.601. The SMILES string of the molecule is O=C(N/C=C1/CN(c2ccc(N3CCOCC3=O)cc2)C(=O)O1)NC[C@H]1CN(c2ccc(N3CCOCC3=O)cc2)C(=O)O1. The molecule has 230 valence electrons. The van der Waals surface area contributed by atoms with Gasteiger partial charge in [0.1, 0.15) is 25.1 Å². The van der Waals surface area contributed by atoms with Gasteiger partial charge >= 0.3 is 18.2 Å². The summed E-state index contributed by atoms with van der Waals surface area (Å²) in [6, 6.07) is 13.4. The van der Waals surface area contributed by atoms with Gasteiger partial charge in [-0.05, 0) is 48.5 Å². The van der Waals surface area contributed by atoms with Gasteiger partial charge in [-0.3, -0.25) is 19.4 Å². The second-order valence-corrected chi connectivity index (χ2v) is 10.3. The Labute approximate surface area is 251 Å². The minimum Gasteiger partial charge on any atom is -0.442 e. The van der Waals surface area contributed by atoms with Crippen LogP contribution in [0.25, 0.3) is 0 Å². The topological polar surface area (TPSA) is 159 Å². The molecule has 44 heavy (non-hydrogen) atoms. The van der Waals surface area contributed by atoms with Crippen LogP contribution in [0.2, 0.25) is 0 Å². The van der Waals surface area contributed by atoms with Gasteiger partial charge in [0.05, 0.1) is 32.8 Å². The summed E-state index contributed by atoms with van der Waals surface area (Å²) in [6.45, 7) is 2.30. The largest absolute Gasteiger partial charge is 0.442 e. The van der Waals surface area contributed by atoms with Crippen molar-refractivity contribution in [1.29, 1.82) is 0 Å². The number of carbonyl (C=O) groups is 5. The van der Waals surface area contributed by atoms with Crippen LogP contribution in [0.5, 0.6) is 0 Å². The molecule has 0 unspecified atom stereocenters. The van der Waals surface area contributed by atoms with Crippen LogP contribution in [0.15, 0.2) is 60.5 Å². The monoisotopic (exact) mass is 606 g/mol. The Kier molecular flexibility index (Phi) is 8.29. The van der Waals surface area contributed by atoms with Crippen LogP contribution in [-0.4, -0.2) is 95.3 Å². The van der Waals surface area contributed by atoms with E-state index in [0.29, 0.717) is 49.1 Å². The lowest BCUT2D eigenvalue weighted by molar-refractivity contribution is -0.126. The smallest absolute Gasteiger partial charge is 0.419 e. The van der Waals surface area contributed by atoms with Crippen molar-refractivity contribution in [2.75, 3.05) is 78.8 Å².